The van der Waals surface area contributed by atoms with Gasteiger partial charge >= 0.3 is 5.97 Å². The number of carboxylic acid groups (broad SMARTS) is 1. The average Bonchev–Trinajstić information content (AvgIpc) is 3.29. The van der Waals surface area contributed by atoms with E-state index in [0.29, 0.717) is 11.1 Å². The van der Waals surface area contributed by atoms with Gasteiger partial charge in [0.05, 0.1) is 27.0 Å². The van der Waals surface area contributed by atoms with Crippen molar-refractivity contribution in [2.75, 3.05) is 0 Å². The maximum atomic E-state index is 11.4. The normalized spacial score (nSPS) is 11.0. The fourth-order valence-electron chi connectivity index (χ4n) is 2.61. The summed E-state index contributed by atoms with van der Waals surface area (Å²) in [7, 11) is 0. The van der Waals surface area contributed by atoms with Crippen molar-refractivity contribution in [1.82, 2.24) is 19.6 Å². The van der Waals surface area contributed by atoms with Crippen molar-refractivity contribution in [2.45, 2.75) is 6.54 Å². The summed E-state index contributed by atoms with van der Waals surface area (Å²) in [6.45, 7) is 0.461. The number of carbonyl (C=O) groups is 1. The molecule has 0 radical (unpaired) electrons. The molecule has 0 aliphatic carbocycles. The van der Waals surface area contributed by atoms with Crippen LogP contribution in [0.2, 0.25) is 0 Å². The molecule has 0 saturated heterocycles. The fourth-order valence-corrected chi connectivity index (χ4v) is 3.82. The van der Waals surface area contributed by atoms with Gasteiger partial charge < -0.3 is 5.11 Å². The molecule has 4 aromatic rings. The maximum absolute atomic E-state index is 11.4. The van der Waals surface area contributed by atoms with E-state index in [2.05, 4.69) is 10.2 Å². The number of hydrogen-bond acceptors (Lipinski definition) is 5. The molecule has 0 atom stereocenters. The quantitative estimate of drug-likeness (QED) is 0.555. The molecule has 3 aromatic heterocycles. The van der Waals surface area contributed by atoms with E-state index in [0.717, 1.165) is 21.5 Å². The van der Waals surface area contributed by atoms with Crippen LogP contribution in [0.25, 0.3) is 15.9 Å². The van der Waals surface area contributed by atoms with Gasteiger partial charge in [-0.1, -0.05) is 24.4 Å². The van der Waals surface area contributed by atoms with E-state index < -0.39 is 5.97 Å². The second kappa shape index (κ2) is 6.23. The van der Waals surface area contributed by atoms with Gasteiger partial charge in [-0.2, -0.15) is 10.2 Å². The van der Waals surface area contributed by atoms with Crippen LogP contribution in [0, 0.1) is 4.51 Å². The second-order valence-corrected chi connectivity index (χ2v) is 6.72. The van der Waals surface area contributed by atoms with E-state index >= 15 is 0 Å². The van der Waals surface area contributed by atoms with Gasteiger partial charge in [-0.3, -0.25) is 4.68 Å². The highest BCUT2D eigenvalue weighted by molar-refractivity contribution is 7.72. The lowest BCUT2D eigenvalue weighted by Gasteiger charge is -2.10. The Morgan fingerprint density at radius 2 is 2.04 bits per heavy atom. The van der Waals surface area contributed by atoms with Crippen LogP contribution in [0.1, 0.15) is 16.1 Å². The van der Waals surface area contributed by atoms with Crippen molar-refractivity contribution >= 4 is 39.7 Å². The summed E-state index contributed by atoms with van der Waals surface area (Å²) in [6.07, 6.45) is 3.60. The van der Waals surface area contributed by atoms with Gasteiger partial charge in [0.2, 0.25) is 0 Å². The van der Waals surface area contributed by atoms with Crippen molar-refractivity contribution in [3.05, 3.63) is 69.9 Å². The van der Waals surface area contributed by atoms with Crippen molar-refractivity contribution < 1.29 is 9.90 Å². The number of hydrogen-bond donors (Lipinski definition) is 1. The lowest BCUT2D eigenvalue weighted by Crippen LogP contribution is -2.12. The molecular weight excluding hydrogens is 356 g/mol. The van der Waals surface area contributed by atoms with E-state index in [1.54, 1.807) is 15.6 Å². The van der Waals surface area contributed by atoms with Gasteiger partial charge in [-0.15, -0.1) is 11.3 Å². The Balaban J connectivity index is 1.73. The summed E-state index contributed by atoms with van der Waals surface area (Å²) in [4.78, 5) is 11.4. The second-order valence-electron chi connectivity index (χ2n) is 5.39. The lowest BCUT2D eigenvalue weighted by atomic mass is 10.2. The Morgan fingerprint density at radius 1 is 1.24 bits per heavy atom. The number of thiophene rings is 1. The molecule has 124 valence electrons. The maximum Gasteiger partial charge on any atom is 0.357 e. The van der Waals surface area contributed by atoms with Crippen molar-refractivity contribution in [1.29, 1.82) is 0 Å². The molecule has 0 saturated carbocycles. The van der Waals surface area contributed by atoms with Crippen LogP contribution < -0.4 is 0 Å². The standard InChI is InChI=1S/C17H12N4O2S2/c22-17(23)14-15(24)16-13(6-9-25-16)21(19-14)10-11-2-4-12(5-3-11)20-8-1-7-18-20/h1-9H,10H2,(H,22,23). The Kier molecular flexibility index (Phi) is 3.90. The summed E-state index contributed by atoms with van der Waals surface area (Å²) in [5.74, 6) is -1.11. The lowest BCUT2D eigenvalue weighted by molar-refractivity contribution is 0.0687. The van der Waals surface area contributed by atoms with Gasteiger partial charge in [-0.25, -0.2) is 9.48 Å². The third kappa shape index (κ3) is 2.86. The van der Waals surface area contributed by atoms with Crippen LogP contribution in [-0.4, -0.2) is 30.6 Å². The largest absolute Gasteiger partial charge is 0.476 e. The highest BCUT2D eigenvalue weighted by atomic mass is 32.1. The molecule has 0 amide bonds. The third-order valence-corrected chi connectivity index (χ3v) is 5.25. The summed E-state index contributed by atoms with van der Waals surface area (Å²) in [5.41, 5.74) is 2.73. The monoisotopic (exact) mass is 368 g/mol. The summed E-state index contributed by atoms with van der Waals surface area (Å²) in [6, 6.07) is 11.7. The predicted molar refractivity (Wildman–Crippen MR) is 98.1 cm³/mol. The third-order valence-electron chi connectivity index (χ3n) is 3.80. The molecule has 0 aliphatic heterocycles. The van der Waals surface area contributed by atoms with Crippen LogP contribution in [0.3, 0.4) is 0 Å². The van der Waals surface area contributed by atoms with Crippen LogP contribution in [0.15, 0.2) is 54.2 Å². The molecule has 0 unspecified atom stereocenters. The minimum absolute atomic E-state index is 0.0851. The van der Waals surface area contributed by atoms with Crippen LogP contribution >= 0.6 is 23.6 Å². The first-order valence-corrected chi connectivity index (χ1v) is 8.73. The van der Waals surface area contributed by atoms with Gasteiger partial charge in [0.25, 0.3) is 0 Å². The SMILES string of the molecule is O=C(O)c1nn(Cc2ccc(-n3cccn3)cc2)c2ccsc2c1=S. The summed E-state index contributed by atoms with van der Waals surface area (Å²) >= 11 is 6.69. The van der Waals surface area contributed by atoms with Crippen LogP contribution in [0.4, 0.5) is 0 Å². The highest BCUT2D eigenvalue weighted by Gasteiger charge is 2.15. The number of aromatic nitrogens is 4. The molecule has 1 N–H and O–H groups in total. The molecule has 8 heteroatoms. The molecule has 25 heavy (non-hydrogen) atoms. The van der Waals surface area contributed by atoms with E-state index in [4.69, 9.17) is 12.2 Å². The Bertz CT molecular complexity index is 1110. The number of nitrogens with zero attached hydrogens (tertiary/aromatic N) is 4. The summed E-state index contributed by atoms with van der Waals surface area (Å²) in [5, 5.41) is 19.7. The molecular formula is C17H12N4O2S2. The number of rotatable bonds is 4. The van der Waals surface area contributed by atoms with Gasteiger partial charge in [-0.05, 0) is 35.2 Å². The van der Waals surface area contributed by atoms with E-state index in [1.165, 1.54) is 11.3 Å². The molecule has 6 nitrogen and oxygen atoms in total. The minimum atomic E-state index is -1.11. The van der Waals surface area contributed by atoms with Crippen molar-refractivity contribution in [2.24, 2.45) is 0 Å². The summed E-state index contributed by atoms with van der Waals surface area (Å²) < 4.78 is 4.53. The molecule has 3 heterocycles. The number of benzene rings is 1. The van der Waals surface area contributed by atoms with Crippen LogP contribution in [-0.2, 0) is 6.54 Å². The Morgan fingerprint density at radius 3 is 2.72 bits per heavy atom. The average molecular weight is 368 g/mol. The first-order valence-electron chi connectivity index (χ1n) is 7.44. The zero-order valence-corrected chi connectivity index (χ0v) is 14.5. The predicted octanol–water partition coefficient (Wildman–Crippen LogP) is 3.76. The molecule has 0 spiro atoms. The van der Waals surface area contributed by atoms with Gasteiger partial charge in [0.1, 0.15) is 0 Å². The van der Waals surface area contributed by atoms with E-state index in [1.807, 2.05) is 48.0 Å². The first kappa shape index (κ1) is 15.7. The Hall–Kier alpha value is -2.84. The van der Waals surface area contributed by atoms with E-state index in [-0.39, 0.29) is 5.69 Å². The Labute approximate surface area is 151 Å². The minimum Gasteiger partial charge on any atom is -0.476 e. The number of fused-ring (bicyclic) bond motifs is 1. The van der Waals surface area contributed by atoms with Crippen molar-refractivity contribution in [3.63, 3.8) is 0 Å². The smallest absolute Gasteiger partial charge is 0.357 e. The first-order chi connectivity index (χ1) is 12.1. The molecule has 1 aromatic carbocycles. The highest BCUT2D eigenvalue weighted by Crippen LogP contribution is 2.24. The topological polar surface area (TPSA) is 72.9 Å². The molecule has 0 fully saturated rings. The molecule has 4 rings (SSSR count). The number of aromatic carboxylic acids is 1. The zero-order chi connectivity index (χ0) is 17.4. The molecule has 0 aliphatic rings. The van der Waals surface area contributed by atoms with Gasteiger partial charge in [0, 0.05) is 12.4 Å². The van der Waals surface area contributed by atoms with Gasteiger partial charge in [0.15, 0.2) is 5.69 Å². The van der Waals surface area contributed by atoms with Crippen molar-refractivity contribution in [3.8, 4) is 5.69 Å². The fraction of sp³-hybridized carbons (Fsp3) is 0.0588. The number of carboxylic acids is 1. The van der Waals surface area contributed by atoms with Crippen LogP contribution in [0.5, 0.6) is 0 Å². The molecule has 0 bridgehead atoms. The van der Waals surface area contributed by atoms with E-state index in [9.17, 15) is 9.90 Å². The zero-order valence-electron chi connectivity index (χ0n) is 12.9.